The van der Waals surface area contributed by atoms with Crippen molar-refractivity contribution in [1.82, 2.24) is 10.2 Å². The molecule has 0 saturated heterocycles. The monoisotopic (exact) mass is 272 g/mol. The second kappa shape index (κ2) is 5.66. The zero-order valence-corrected chi connectivity index (χ0v) is 11.2. The number of urea groups is 1. The summed E-state index contributed by atoms with van der Waals surface area (Å²) < 4.78 is 0. The SMILES string of the molecule is C#CC(C)NC(=O)N1Cc2ccccc2C[C@@H]1C(=O)O. The third kappa shape index (κ3) is 2.75. The number of fused-ring (bicyclic) bond motifs is 1. The summed E-state index contributed by atoms with van der Waals surface area (Å²) in [6, 6.07) is 5.79. The van der Waals surface area contributed by atoms with Crippen LogP contribution in [0.5, 0.6) is 0 Å². The number of amides is 2. The van der Waals surface area contributed by atoms with Gasteiger partial charge in [-0.1, -0.05) is 30.2 Å². The second-order valence-electron chi connectivity index (χ2n) is 4.79. The first kappa shape index (κ1) is 13.9. The van der Waals surface area contributed by atoms with Crippen LogP contribution in [-0.2, 0) is 17.8 Å². The van der Waals surface area contributed by atoms with Gasteiger partial charge >= 0.3 is 12.0 Å². The van der Waals surface area contributed by atoms with Crippen LogP contribution in [0.1, 0.15) is 18.1 Å². The number of carboxylic acids is 1. The number of benzene rings is 1. The zero-order chi connectivity index (χ0) is 14.7. The molecule has 104 valence electrons. The Morgan fingerprint density at radius 1 is 1.45 bits per heavy atom. The fraction of sp³-hybridized carbons (Fsp3) is 0.333. The summed E-state index contributed by atoms with van der Waals surface area (Å²) in [5.74, 6) is 1.38. The van der Waals surface area contributed by atoms with Gasteiger partial charge in [-0.05, 0) is 18.1 Å². The Balaban J connectivity index is 2.25. The van der Waals surface area contributed by atoms with E-state index >= 15 is 0 Å². The molecule has 2 amide bonds. The molecule has 0 bridgehead atoms. The highest BCUT2D eigenvalue weighted by atomic mass is 16.4. The number of rotatable bonds is 2. The fourth-order valence-corrected chi connectivity index (χ4v) is 2.27. The third-order valence-corrected chi connectivity index (χ3v) is 3.38. The lowest BCUT2D eigenvalue weighted by Crippen LogP contribution is -2.53. The lowest BCUT2D eigenvalue weighted by molar-refractivity contribution is -0.142. The highest BCUT2D eigenvalue weighted by molar-refractivity contribution is 5.84. The quantitative estimate of drug-likeness (QED) is 0.796. The van der Waals surface area contributed by atoms with E-state index in [1.165, 1.54) is 4.90 Å². The molecule has 1 aromatic carbocycles. The van der Waals surface area contributed by atoms with Gasteiger partial charge in [-0.3, -0.25) is 0 Å². The number of carboxylic acid groups (broad SMARTS) is 1. The first-order chi connectivity index (χ1) is 9.52. The predicted molar refractivity (Wildman–Crippen MR) is 73.9 cm³/mol. The van der Waals surface area contributed by atoms with Crippen LogP contribution >= 0.6 is 0 Å². The average molecular weight is 272 g/mol. The molecule has 1 unspecified atom stereocenters. The molecule has 0 saturated carbocycles. The molecular formula is C15H16N2O3. The van der Waals surface area contributed by atoms with Crippen LogP contribution in [-0.4, -0.2) is 34.1 Å². The Kier molecular flexibility index (Phi) is 3.94. The van der Waals surface area contributed by atoms with E-state index in [1.807, 2.05) is 24.3 Å². The molecule has 0 fully saturated rings. The third-order valence-electron chi connectivity index (χ3n) is 3.38. The number of hydrogen-bond donors (Lipinski definition) is 2. The molecule has 1 heterocycles. The van der Waals surface area contributed by atoms with Gasteiger partial charge in [-0.2, -0.15) is 0 Å². The van der Waals surface area contributed by atoms with Crippen molar-refractivity contribution in [2.24, 2.45) is 0 Å². The summed E-state index contributed by atoms with van der Waals surface area (Å²) in [5, 5.41) is 11.9. The van der Waals surface area contributed by atoms with E-state index in [9.17, 15) is 14.7 Å². The van der Waals surface area contributed by atoms with Gasteiger partial charge in [0.2, 0.25) is 0 Å². The maximum absolute atomic E-state index is 12.1. The average Bonchev–Trinajstić information content (AvgIpc) is 2.45. The van der Waals surface area contributed by atoms with Crippen LogP contribution in [0.2, 0.25) is 0 Å². The molecule has 0 radical (unpaired) electrons. The van der Waals surface area contributed by atoms with Crippen LogP contribution in [0.4, 0.5) is 4.79 Å². The van der Waals surface area contributed by atoms with E-state index in [0.717, 1.165) is 11.1 Å². The highest BCUT2D eigenvalue weighted by Gasteiger charge is 2.34. The minimum absolute atomic E-state index is 0.274. The first-order valence-electron chi connectivity index (χ1n) is 6.35. The van der Waals surface area contributed by atoms with Gasteiger partial charge in [0.15, 0.2) is 0 Å². The van der Waals surface area contributed by atoms with E-state index < -0.39 is 24.1 Å². The van der Waals surface area contributed by atoms with Crippen molar-refractivity contribution >= 4 is 12.0 Å². The van der Waals surface area contributed by atoms with Crippen molar-refractivity contribution in [1.29, 1.82) is 0 Å². The molecule has 0 aromatic heterocycles. The van der Waals surface area contributed by atoms with Gasteiger partial charge < -0.3 is 15.3 Å². The van der Waals surface area contributed by atoms with E-state index in [0.29, 0.717) is 6.42 Å². The van der Waals surface area contributed by atoms with Crippen LogP contribution in [0.3, 0.4) is 0 Å². The fourth-order valence-electron chi connectivity index (χ4n) is 2.27. The molecule has 2 atom stereocenters. The first-order valence-corrected chi connectivity index (χ1v) is 6.35. The Hall–Kier alpha value is -2.48. The number of carbonyl (C=O) groups excluding carboxylic acids is 1. The van der Waals surface area contributed by atoms with E-state index in [4.69, 9.17) is 6.42 Å². The zero-order valence-electron chi connectivity index (χ0n) is 11.2. The molecule has 0 aliphatic carbocycles. The number of aliphatic carboxylic acids is 1. The van der Waals surface area contributed by atoms with Gasteiger partial charge in [-0.15, -0.1) is 6.42 Å². The molecule has 1 aliphatic rings. The molecule has 5 nitrogen and oxygen atoms in total. The number of nitrogens with zero attached hydrogens (tertiary/aromatic N) is 1. The van der Waals surface area contributed by atoms with Gasteiger partial charge in [0.25, 0.3) is 0 Å². The van der Waals surface area contributed by atoms with Gasteiger partial charge in [0, 0.05) is 13.0 Å². The van der Waals surface area contributed by atoms with Crippen molar-refractivity contribution < 1.29 is 14.7 Å². The second-order valence-corrected chi connectivity index (χ2v) is 4.79. The lowest BCUT2D eigenvalue weighted by atomic mass is 9.94. The Morgan fingerprint density at radius 2 is 2.10 bits per heavy atom. The van der Waals surface area contributed by atoms with E-state index in [2.05, 4.69) is 11.2 Å². The topological polar surface area (TPSA) is 69.6 Å². The minimum Gasteiger partial charge on any atom is -0.480 e. The predicted octanol–water partition coefficient (Wildman–Crippen LogP) is 1.23. The van der Waals surface area contributed by atoms with Crippen molar-refractivity contribution in [3.63, 3.8) is 0 Å². The van der Waals surface area contributed by atoms with Crippen molar-refractivity contribution in [3.8, 4) is 12.3 Å². The normalized spacial score (nSPS) is 18.6. The standard InChI is InChI=1S/C15H16N2O3/c1-3-10(2)16-15(20)17-9-12-7-5-4-6-11(12)8-13(17)14(18)19/h1,4-7,10,13H,8-9H2,2H3,(H,16,20)(H,18,19)/t10?,13-/m1/s1. The number of carbonyl (C=O) groups is 2. The summed E-state index contributed by atoms with van der Waals surface area (Å²) in [5.41, 5.74) is 1.93. The summed E-state index contributed by atoms with van der Waals surface area (Å²) in [6.07, 6.45) is 5.53. The summed E-state index contributed by atoms with van der Waals surface area (Å²) in [6.45, 7) is 1.95. The molecule has 1 aliphatic heterocycles. The van der Waals surface area contributed by atoms with Crippen LogP contribution in [0, 0.1) is 12.3 Å². The van der Waals surface area contributed by atoms with Gasteiger partial charge in [0.1, 0.15) is 6.04 Å². The molecule has 20 heavy (non-hydrogen) atoms. The molecule has 2 N–H and O–H groups in total. The minimum atomic E-state index is -1.01. The molecule has 2 rings (SSSR count). The van der Waals surface area contributed by atoms with Crippen LogP contribution in [0.25, 0.3) is 0 Å². The molecule has 5 heteroatoms. The van der Waals surface area contributed by atoms with Gasteiger partial charge in [-0.25, -0.2) is 9.59 Å². The molecule has 0 spiro atoms. The largest absolute Gasteiger partial charge is 0.480 e. The van der Waals surface area contributed by atoms with Crippen molar-refractivity contribution in [3.05, 3.63) is 35.4 Å². The van der Waals surface area contributed by atoms with Gasteiger partial charge in [0.05, 0.1) is 6.04 Å². The Morgan fingerprint density at radius 3 is 2.70 bits per heavy atom. The maximum Gasteiger partial charge on any atom is 0.326 e. The smallest absolute Gasteiger partial charge is 0.326 e. The highest BCUT2D eigenvalue weighted by Crippen LogP contribution is 2.23. The Labute approximate surface area is 117 Å². The maximum atomic E-state index is 12.1. The number of nitrogens with one attached hydrogen (secondary N) is 1. The number of hydrogen-bond acceptors (Lipinski definition) is 2. The Bertz CT molecular complexity index is 577. The molecular weight excluding hydrogens is 256 g/mol. The summed E-state index contributed by atoms with van der Waals surface area (Å²) in [4.78, 5) is 24.8. The van der Waals surface area contributed by atoms with E-state index in [-0.39, 0.29) is 6.54 Å². The van der Waals surface area contributed by atoms with Crippen molar-refractivity contribution in [2.45, 2.75) is 32.0 Å². The van der Waals surface area contributed by atoms with E-state index in [1.54, 1.807) is 6.92 Å². The molecule has 1 aromatic rings. The lowest BCUT2D eigenvalue weighted by Gasteiger charge is -2.34. The summed E-state index contributed by atoms with van der Waals surface area (Å²) >= 11 is 0. The van der Waals surface area contributed by atoms with Crippen LogP contribution in [0.15, 0.2) is 24.3 Å². The summed E-state index contributed by atoms with van der Waals surface area (Å²) in [7, 11) is 0. The number of terminal acetylenes is 1. The van der Waals surface area contributed by atoms with Crippen LogP contribution < -0.4 is 5.32 Å². The van der Waals surface area contributed by atoms with Crippen molar-refractivity contribution in [2.75, 3.05) is 0 Å².